The van der Waals surface area contributed by atoms with E-state index in [4.69, 9.17) is 14.3 Å². The molecule has 1 aliphatic heterocycles. The minimum absolute atomic E-state index is 0.00262. The molecule has 2 aliphatic rings. The lowest BCUT2D eigenvalue weighted by Crippen LogP contribution is -2.39. The van der Waals surface area contributed by atoms with Gasteiger partial charge in [-0.1, -0.05) is 5.10 Å². The maximum Gasteiger partial charge on any atom is 0.412 e. The molecule has 1 N–H and O–H groups in total. The summed E-state index contributed by atoms with van der Waals surface area (Å²) < 4.78 is 11.1. The SMILES string of the molecule is CN1CC2(CC2)Oc2cc(-c3nnc(O)o3)ccc21. The van der Waals surface area contributed by atoms with Crippen molar-refractivity contribution >= 4 is 5.69 Å². The number of hydrogen-bond donors (Lipinski definition) is 1. The Morgan fingerprint density at radius 3 is 2.84 bits per heavy atom. The van der Waals surface area contributed by atoms with Crippen LogP contribution in [0.4, 0.5) is 5.69 Å². The molecule has 1 spiro atoms. The van der Waals surface area contributed by atoms with Gasteiger partial charge < -0.3 is 19.2 Å². The van der Waals surface area contributed by atoms with Crippen LogP contribution >= 0.6 is 0 Å². The van der Waals surface area contributed by atoms with Crippen molar-refractivity contribution in [2.45, 2.75) is 18.4 Å². The Labute approximate surface area is 109 Å². The fraction of sp³-hybridized carbons (Fsp3) is 0.385. The maximum absolute atomic E-state index is 9.11. The summed E-state index contributed by atoms with van der Waals surface area (Å²) in [5, 5.41) is 16.3. The van der Waals surface area contributed by atoms with E-state index in [1.54, 1.807) is 0 Å². The van der Waals surface area contributed by atoms with Crippen LogP contribution in [0.1, 0.15) is 12.8 Å². The van der Waals surface area contributed by atoms with Crippen molar-refractivity contribution in [3.05, 3.63) is 18.2 Å². The van der Waals surface area contributed by atoms with E-state index in [9.17, 15) is 0 Å². The van der Waals surface area contributed by atoms with Crippen LogP contribution in [0.25, 0.3) is 11.5 Å². The summed E-state index contributed by atoms with van der Waals surface area (Å²) in [6.07, 6.45) is 1.77. The van der Waals surface area contributed by atoms with Gasteiger partial charge in [-0.2, -0.15) is 0 Å². The summed E-state index contributed by atoms with van der Waals surface area (Å²) in [7, 11) is 2.07. The van der Waals surface area contributed by atoms with Gasteiger partial charge in [0.1, 0.15) is 11.4 Å². The topological polar surface area (TPSA) is 71.6 Å². The number of hydrogen-bond acceptors (Lipinski definition) is 6. The van der Waals surface area contributed by atoms with Gasteiger partial charge in [0.05, 0.1) is 12.2 Å². The molecule has 0 radical (unpaired) electrons. The molecule has 2 aromatic rings. The molecule has 0 unspecified atom stereocenters. The summed E-state index contributed by atoms with van der Waals surface area (Å²) in [4.78, 5) is 2.21. The Balaban J connectivity index is 1.77. The molecule has 0 amide bonds. The molecule has 1 aliphatic carbocycles. The Morgan fingerprint density at radius 1 is 1.32 bits per heavy atom. The molecular formula is C13H13N3O3. The first-order valence-corrected chi connectivity index (χ1v) is 6.22. The van der Waals surface area contributed by atoms with Gasteiger partial charge in [-0.15, -0.1) is 5.10 Å². The van der Waals surface area contributed by atoms with Gasteiger partial charge in [0, 0.05) is 12.6 Å². The van der Waals surface area contributed by atoms with E-state index in [1.807, 2.05) is 18.2 Å². The first-order chi connectivity index (χ1) is 9.15. The molecule has 0 bridgehead atoms. The predicted octanol–water partition coefficient (Wildman–Crippen LogP) is 1.80. The van der Waals surface area contributed by atoms with Crippen molar-refractivity contribution in [1.29, 1.82) is 0 Å². The molecule has 6 heteroatoms. The molecule has 6 nitrogen and oxygen atoms in total. The van der Waals surface area contributed by atoms with E-state index in [-0.39, 0.29) is 5.60 Å². The smallest absolute Gasteiger partial charge is 0.412 e. The van der Waals surface area contributed by atoms with E-state index in [0.717, 1.165) is 36.4 Å². The van der Waals surface area contributed by atoms with Gasteiger partial charge >= 0.3 is 6.08 Å². The average Bonchev–Trinajstić information content (AvgIpc) is 2.97. The quantitative estimate of drug-likeness (QED) is 0.842. The summed E-state index contributed by atoms with van der Waals surface area (Å²) >= 11 is 0. The lowest BCUT2D eigenvalue weighted by Gasteiger charge is -2.34. The maximum atomic E-state index is 9.11. The van der Waals surface area contributed by atoms with Crippen LogP contribution in [0.3, 0.4) is 0 Å². The van der Waals surface area contributed by atoms with Crippen molar-refractivity contribution in [3.8, 4) is 23.3 Å². The van der Waals surface area contributed by atoms with Crippen LogP contribution < -0.4 is 9.64 Å². The molecule has 2 heterocycles. The van der Waals surface area contributed by atoms with Crippen LogP contribution in [0.5, 0.6) is 11.8 Å². The molecule has 0 saturated heterocycles. The van der Waals surface area contributed by atoms with Gasteiger partial charge in [-0.25, -0.2) is 0 Å². The van der Waals surface area contributed by atoms with Crippen LogP contribution in [-0.4, -0.2) is 34.5 Å². The number of fused-ring (bicyclic) bond motifs is 1. The monoisotopic (exact) mass is 259 g/mol. The highest BCUT2D eigenvalue weighted by Gasteiger charge is 2.49. The highest BCUT2D eigenvalue weighted by atomic mass is 16.5. The lowest BCUT2D eigenvalue weighted by atomic mass is 10.1. The first kappa shape index (κ1) is 10.7. The zero-order chi connectivity index (χ0) is 13.0. The zero-order valence-corrected chi connectivity index (χ0v) is 10.5. The minimum Gasteiger partial charge on any atom is -0.483 e. The number of rotatable bonds is 1. The molecule has 19 heavy (non-hydrogen) atoms. The summed E-state index contributed by atoms with van der Waals surface area (Å²) in [6.45, 7) is 0.931. The van der Waals surface area contributed by atoms with Crippen molar-refractivity contribution in [3.63, 3.8) is 0 Å². The Hall–Kier alpha value is -2.24. The number of nitrogens with zero attached hydrogens (tertiary/aromatic N) is 3. The fourth-order valence-corrected chi connectivity index (χ4v) is 2.56. The second kappa shape index (κ2) is 3.40. The van der Waals surface area contributed by atoms with Crippen molar-refractivity contribution in [2.24, 2.45) is 0 Å². The number of aromatic nitrogens is 2. The standard InChI is InChI=1S/C13H13N3O3/c1-16-7-13(4-5-13)19-10-6-8(2-3-9(10)16)11-14-15-12(17)18-11/h2-3,6H,4-5,7H2,1H3,(H,15,17). The van der Waals surface area contributed by atoms with Gasteiger partial charge in [-0.05, 0) is 31.0 Å². The number of benzene rings is 1. The number of anilines is 1. The van der Waals surface area contributed by atoms with Crippen molar-refractivity contribution in [2.75, 3.05) is 18.5 Å². The Bertz CT molecular complexity index is 648. The Morgan fingerprint density at radius 2 is 2.16 bits per heavy atom. The largest absolute Gasteiger partial charge is 0.483 e. The van der Waals surface area contributed by atoms with Crippen molar-refractivity contribution in [1.82, 2.24) is 10.2 Å². The average molecular weight is 259 g/mol. The lowest BCUT2D eigenvalue weighted by molar-refractivity contribution is 0.174. The van der Waals surface area contributed by atoms with Crippen LogP contribution in [-0.2, 0) is 0 Å². The molecule has 0 atom stereocenters. The van der Waals surface area contributed by atoms with Gasteiger partial charge in [0.2, 0.25) is 0 Å². The second-order valence-electron chi connectivity index (χ2n) is 5.21. The molecule has 98 valence electrons. The van der Waals surface area contributed by atoms with Gasteiger partial charge in [0.25, 0.3) is 5.89 Å². The number of aromatic hydroxyl groups is 1. The van der Waals surface area contributed by atoms with Crippen LogP contribution in [0, 0.1) is 0 Å². The van der Waals surface area contributed by atoms with Crippen LogP contribution in [0.2, 0.25) is 0 Å². The Kier molecular flexibility index (Phi) is 1.91. The van der Waals surface area contributed by atoms with E-state index in [1.165, 1.54) is 0 Å². The summed E-state index contributed by atoms with van der Waals surface area (Å²) in [6, 6.07) is 5.75. The molecule has 1 aromatic heterocycles. The van der Waals surface area contributed by atoms with Crippen LogP contribution in [0.15, 0.2) is 22.6 Å². The number of likely N-dealkylation sites (N-methyl/N-ethyl adjacent to an activating group) is 1. The summed E-state index contributed by atoms with van der Waals surface area (Å²) in [5.41, 5.74) is 1.81. The van der Waals surface area contributed by atoms with E-state index >= 15 is 0 Å². The highest BCUT2D eigenvalue weighted by molar-refractivity contribution is 5.68. The van der Waals surface area contributed by atoms with Gasteiger partial charge in [0.15, 0.2) is 0 Å². The normalized spacial score (nSPS) is 19.1. The molecule has 4 rings (SSSR count). The zero-order valence-electron chi connectivity index (χ0n) is 10.5. The minimum atomic E-state index is -0.426. The highest BCUT2D eigenvalue weighted by Crippen LogP contribution is 2.48. The molecule has 1 aromatic carbocycles. The second-order valence-corrected chi connectivity index (χ2v) is 5.21. The molecule has 1 fully saturated rings. The number of ether oxygens (including phenoxy) is 1. The van der Waals surface area contributed by atoms with Crippen molar-refractivity contribution < 1.29 is 14.3 Å². The fourth-order valence-electron chi connectivity index (χ4n) is 2.56. The molecule has 1 saturated carbocycles. The third-order valence-corrected chi connectivity index (χ3v) is 3.69. The first-order valence-electron chi connectivity index (χ1n) is 6.22. The van der Waals surface area contributed by atoms with E-state index < -0.39 is 6.08 Å². The van der Waals surface area contributed by atoms with Gasteiger partial charge in [-0.3, -0.25) is 0 Å². The summed E-state index contributed by atoms with van der Waals surface area (Å²) in [5.74, 6) is 1.13. The van der Waals surface area contributed by atoms with E-state index in [0.29, 0.717) is 5.89 Å². The third-order valence-electron chi connectivity index (χ3n) is 3.69. The third kappa shape index (κ3) is 1.63. The predicted molar refractivity (Wildman–Crippen MR) is 67.3 cm³/mol. The molecular weight excluding hydrogens is 246 g/mol. The van der Waals surface area contributed by atoms with E-state index in [2.05, 4.69) is 22.1 Å².